The smallest absolute Gasteiger partial charge is 0.250 e. The predicted molar refractivity (Wildman–Crippen MR) is 105 cm³/mol. The molecule has 140 valence electrons. The molecule has 1 heterocycles. The molecule has 2 aromatic carbocycles. The fourth-order valence-corrected chi connectivity index (χ4v) is 2.83. The normalized spacial score (nSPS) is 10.7. The first-order chi connectivity index (χ1) is 13.1. The number of fused-ring (bicyclic) bond motifs is 1. The van der Waals surface area contributed by atoms with Crippen molar-refractivity contribution in [2.75, 3.05) is 24.4 Å². The maximum absolute atomic E-state index is 12.3. The Bertz CT molecular complexity index is 965. The molecule has 1 aromatic heterocycles. The van der Waals surface area contributed by atoms with Gasteiger partial charge >= 0.3 is 0 Å². The van der Waals surface area contributed by atoms with E-state index in [0.29, 0.717) is 24.3 Å². The van der Waals surface area contributed by atoms with Gasteiger partial charge < -0.3 is 19.9 Å². The van der Waals surface area contributed by atoms with Crippen molar-refractivity contribution >= 4 is 34.2 Å². The number of para-hydroxylation sites is 2. The maximum Gasteiger partial charge on any atom is 0.250 e. The molecule has 7 nitrogen and oxygen atoms in total. The molecular weight excluding hydrogens is 344 g/mol. The van der Waals surface area contributed by atoms with Crippen molar-refractivity contribution in [1.82, 2.24) is 9.55 Å². The molecule has 0 unspecified atom stereocenters. The van der Waals surface area contributed by atoms with Crippen molar-refractivity contribution in [3.63, 3.8) is 0 Å². The van der Waals surface area contributed by atoms with Gasteiger partial charge in [0, 0.05) is 31.5 Å². The molecule has 0 bridgehead atoms. The molecule has 0 spiro atoms. The second-order valence-electron chi connectivity index (χ2n) is 6.24. The third-order valence-corrected chi connectivity index (χ3v) is 4.17. The van der Waals surface area contributed by atoms with Gasteiger partial charge in [0.25, 0.3) is 0 Å². The summed E-state index contributed by atoms with van der Waals surface area (Å²) in [6.07, 6.45) is 2.09. The van der Waals surface area contributed by atoms with Crippen LogP contribution in [0.4, 0.5) is 11.4 Å². The fraction of sp³-hybridized carbons (Fsp3) is 0.250. The largest absolute Gasteiger partial charge is 0.375 e. The number of carbonyl (C=O) groups excluding carboxylic acids is 2. The summed E-state index contributed by atoms with van der Waals surface area (Å²) in [4.78, 5) is 28.2. The van der Waals surface area contributed by atoms with E-state index in [0.717, 1.165) is 16.6 Å². The number of nitrogens with one attached hydrogen (secondary N) is 2. The molecular formula is C20H22N4O3. The van der Waals surface area contributed by atoms with Gasteiger partial charge in [-0.1, -0.05) is 12.1 Å². The zero-order valence-corrected chi connectivity index (χ0v) is 15.4. The first-order valence-corrected chi connectivity index (χ1v) is 8.66. The van der Waals surface area contributed by atoms with Gasteiger partial charge in [-0.3, -0.25) is 9.59 Å². The molecule has 0 aliphatic heterocycles. The summed E-state index contributed by atoms with van der Waals surface area (Å²) in [6.45, 7) is 2.42. The Morgan fingerprint density at radius 2 is 1.93 bits per heavy atom. The number of nitrogens with zero attached hydrogens (tertiary/aromatic N) is 2. The number of anilines is 2. The monoisotopic (exact) mass is 366 g/mol. The van der Waals surface area contributed by atoms with Crippen molar-refractivity contribution < 1.29 is 14.3 Å². The summed E-state index contributed by atoms with van der Waals surface area (Å²) in [5, 5.41) is 5.65. The highest BCUT2D eigenvalue weighted by atomic mass is 16.5. The summed E-state index contributed by atoms with van der Waals surface area (Å²) in [5.74, 6) is -0.298. The Labute approximate surface area is 157 Å². The number of hydrogen-bond acceptors (Lipinski definition) is 4. The molecule has 0 saturated carbocycles. The number of carbonyl (C=O) groups is 2. The van der Waals surface area contributed by atoms with Gasteiger partial charge in [-0.15, -0.1) is 0 Å². The van der Waals surface area contributed by atoms with Crippen LogP contribution in [-0.2, 0) is 20.9 Å². The van der Waals surface area contributed by atoms with Gasteiger partial charge in [-0.25, -0.2) is 4.98 Å². The topological polar surface area (TPSA) is 85.3 Å². The molecule has 0 aliphatic carbocycles. The van der Waals surface area contributed by atoms with Crippen molar-refractivity contribution in [2.45, 2.75) is 19.9 Å². The highest BCUT2D eigenvalue weighted by Gasteiger charge is 2.08. The minimum atomic E-state index is -0.218. The van der Waals surface area contributed by atoms with Crippen LogP contribution in [0.1, 0.15) is 12.0 Å². The number of amides is 2. The van der Waals surface area contributed by atoms with E-state index in [1.165, 1.54) is 7.11 Å². The lowest BCUT2D eigenvalue weighted by atomic mass is 10.1. The van der Waals surface area contributed by atoms with Crippen LogP contribution < -0.4 is 10.6 Å². The standard InChI is InChI=1S/C20H22N4O3/c1-14-11-15(7-8-16(14)23-20(26)12-27-2)22-19(25)9-10-24-13-21-17-5-3-4-6-18(17)24/h3-8,11,13H,9-10,12H2,1-2H3,(H,22,25)(H,23,26). The SMILES string of the molecule is COCC(=O)Nc1ccc(NC(=O)CCn2cnc3ccccc32)cc1C. The molecule has 2 N–H and O–H groups in total. The van der Waals surface area contributed by atoms with Gasteiger partial charge in [-0.2, -0.15) is 0 Å². The third kappa shape index (κ3) is 4.71. The van der Waals surface area contributed by atoms with Crippen LogP contribution in [0.2, 0.25) is 0 Å². The molecule has 0 saturated heterocycles. The highest BCUT2D eigenvalue weighted by Crippen LogP contribution is 2.20. The van der Waals surface area contributed by atoms with Crippen LogP contribution in [0.15, 0.2) is 48.8 Å². The Morgan fingerprint density at radius 3 is 2.70 bits per heavy atom. The first-order valence-electron chi connectivity index (χ1n) is 8.66. The number of imidazole rings is 1. The quantitative estimate of drug-likeness (QED) is 0.673. The van der Waals surface area contributed by atoms with E-state index in [1.807, 2.05) is 41.8 Å². The Hall–Kier alpha value is -3.19. The van der Waals surface area contributed by atoms with Gasteiger partial charge in [0.2, 0.25) is 11.8 Å². The Morgan fingerprint density at radius 1 is 1.11 bits per heavy atom. The summed E-state index contributed by atoms with van der Waals surface area (Å²) in [5.41, 5.74) is 4.17. The molecule has 27 heavy (non-hydrogen) atoms. The minimum absolute atomic E-state index is 0.000853. The molecule has 2 amide bonds. The lowest BCUT2D eigenvalue weighted by molar-refractivity contribution is -0.119. The second-order valence-corrected chi connectivity index (χ2v) is 6.24. The molecule has 3 aromatic rings. The Balaban J connectivity index is 1.57. The summed E-state index contributed by atoms with van der Waals surface area (Å²) < 4.78 is 6.77. The number of rotatable bonds is 7. The van der Waals surface area contributed by atoms with Crippen LogP contribution in [0.3, 0.4) is 0 Å². The number of hydrogen-bond donors (Lipinski definition) is 2. The van der Waals surface area contributed by atoms with Gasteiger partial charge in [0.05, 0.1) is 17.4 Å². The second kappa shape index (κ2) is 8.46. The van der Waals surface area contributed by atoms with E-state index in [9.17, 15) is 9.59 Å². The zero-order valence-electron chi connectivity index (χ0n) is 15.4. The van der Waals surface area contributed by atoms with Gasteiger partial charge in [0.1, 0.15) is 6.61 Å². The first kappa shape index (κ1) is 18.6. The van der Waals surface area contributed by atoms with Crippen LogP contribution in [0, 0.1) is 6.92 Å². The van der Waals surface area contributed by atoms with Crippen molar-refractivity contribution in [2.24, 2.45) is 0 Å². The summed E-state index contributed by atoms with van der Waals surface area (Å²) in [7, 11) is 1.47. The van der Waals surface area contributed by atoms with Crippen molar-refractivity contribution in [3.8, 4) is 0 Å². The van der Waals surface area contributed by atoms with Crippen molar-refractivity contribution in [1.29, 1.82) is 0 Å². The van der Waals surface area contributed by atoms with Crippen LogP contribution in [0.5, 0.6) is 0 Å². The molecule has 0 fully saturated rings. The fourth-order valence-electron chi connectivity index (χ4n) is 2.83. The molecule has 0 atom stereocenters. The molecule has 7 heteroatoms. The number of methoxy groups -OCH3 is 1. The highest BCUT2D eigenvalue weighted by molar-refractivity contribution is 5.94. The average Bonchev–Trinajstić information content (AvgIpc) is 3.06. The van der Waals surface area contributed by atoms with Crippen LogP contribution in [0.25, 0.3) is 11.0 Å². The van der Waals surface area contributed by atoms with Gasteiger partial charge in [0.15, 0.2) is 0 Å². The zero-order chi connectivity index (χ0) is 19.2. The molecule has 0 aliphatic rings. The van der Waals surface area contributed by atoms with E-state index in [2.05, 4.69) is 15.6 Å². The van der Waals surface area contributed by atoms with Crippen molar-refractivity contribution in [3.05, 3.63) is 54.4 Å². The third-order valence-electron chi connectivity index (χ3n) is 4.17. The lowest BCUT2D eigenvalue weighted by Gasteiger charge is -2.11. The Kier molecular flexibility index (Phi) is 5.83. The number of aryl methyl sites for hydroxylation is 2. The van der Waals surface area contributed by atoms with E-state index in [1.54, 1.807) is 18.5 Å². The molecule has 3 rings (SSSR count). The number of benzene rings is 2. The maximum atomic E-state index is 12.3. The van der Waals surface area contributed by atoms with Crippen LogP contribution in [-0.4, -0.2) is 35.1 Å². The number of ether oxygens (including phenoxy) is 1. The average molecular weight is 366 g/mol. The lowest BCUT2D eigenvalue weighted by Crippen LogP contribution is -2.18. The van der Waals surface area contributed by atoms with Crippen LogP contribution >= 0.6 is 0 Å². The number of aromatic nitrogens is 2. The molecule has 0 radical (unpaired) electrons. The predicted octanol–water partition coefficient (Wildman–Crippen LogP) is 2.96. The summed E-state index contributed by atoms with van der Waals surface area (Å²) in [6, 6.07) is 13.2. The van der Waals surface area contributed by atoms with E-state index in [4.69, 9.17) is 4.74 Å². The van der Waals surface area contributed by atoms with E-state index in [-0.39, 0.29) is 18.4 Å². The van der Waals surface area contributed by atoms with Gasteiger partial charge in [-0.05, 0) is 42.8 Å². The minimum Gasteiger partial charge on any atom is -0.375 e. The van der Waals surface area contributed by atoms with E-state index < -0.39 is 0 Å². The van der Waals surface area contributed by atoms with E-state index >= 15 is 0 Å². The summed E-state index contributed by atoms with van der Waals surface area (Å²) >= 11 is 0.